The minimum absolute atomic E-state index is 0.0118. The van der Waals surface area contributed by atoms with Gasteiger partial charge in [0.05, 0.1) is 30.0 Å². The maximum atomic E-state index is 12.3. The molecule has 0 bridgehead atoms. The molecule has 2 aromatic heterocycles. The quantitative estimate of drug-likeness (QED) is 0.614. The summed E-state index contributed by atoms with van der Waals surface area (Å²) in [5.41, 5.74) is 3.98. The van der Waals surface area contributed by atoms with Crippen LogP contribution in [0.15, 0.2) is 53.4 Å². The van der Waals surface area contributed by atoms with E-state index in [2.05, 4.69) is 20.2 Å². The van der Waals surface area contributed by atoms with Crippen molar-refractivity contribution in [1.29, 1.82) is 0 Å². The summed E-state index contributed by atoms with van der Waals surface area (Å²) in [4.78, 5) is 16.4. The number of rotatable bonds is 7. The van der Waals surface area contributed by atoms with Gasteiger partial charge in [-0.25, -0.2) is 0 Å². The summed E-state index contributed by atoms with van der Waals surface area (Å²) in [5, 5.41) is 6.67. The van der Waals surface area contributed by atoms with Crippen LogP contribution >= 0.6 is 0 Å². The average Bonchev–Trinajstić information content (AvgIpc) is 3.12. The van der Waals surface area contributed by atoms with Crippen molar-refractivity contribution in [2.75, 3.05) is 6.61 Å². The molecule has 6 nitrogen and oxygen atoms in total. The van der Waals surface area contributed by atoms with Crippen LogP contribution in [0, 0.1) is 6.92 Å². The fraction of sp³-hybridized carbons (Fsp3) is 0.286. The lowest BCUT2D eigenvalue weighted by Crippen LogP contribution is -2.28. The van der Waals surface area contributed by atoms with Gasteiger partial charge in [-0.2, -0.15) is 13.2 Å². The number of carbonyl (C=O) groups is 1. The molecule has 0 aliphatic carbocycles. The van der Waals surface area contributed by atoms with Gasteiger partial charge in [0.25, 0.3) is 0 Å². The van der Waals surface area contributed by atoms with Crippen LogP contribution in [-0.4, -0.2) is 28.8 Å². The first kappa shape index (κ1) is 21.4. The topological polar surface area (TPSA) is 77.2 Å². The first-order valence-electron chi connectivity index (χ1n) is 9.16. The number of pyridine rings is 1. The third kappa shape index (κ3) is 5.82. The van der Waals surface area contributed by atoms with Gasteiger partial charge >= 0.3 is 6.18 Å². The zero-order valence-corrected chi connectivity index (χ0v) is 16.4. The molecule has 0 radical (unpaired) electrons. The highest BCUT2D eigenvalue weighted by Gasteiger charge is 2.28. The number of ether oxygens (including phenoxy) is 1. The van der Waals surface area contributed by atoms with Gasteiger partial charge in [-0.1, -0.05) is 29.4 Å². The highest BCUT2D eigenvalue weighted by atomic mass is 19.4. The van der Waals surface area contributed by atoms with Gasteiger partial charge in [0, 0.05) is 5.56 Å². The van der Waals surface area contributed by atoms with Crippen molar-refractivity contribution >= 4 is 5.91 Å². The van der Waals surface area contributed by atoms with E-state index in [9.17, 15) is 18.0 Å². The second-order valence-corrected chi connectivity index (χ2v) is 6.80. The minimum atomic E-state index is -4.41. The van der Waals surface area contributed by atoms with Gasteiger partial charge in [-0.05, 0) is 37.1 Å². The summed E-state index contributed by atoms with van der Waals surface area (Å²) in [5.74, 6) is -0.187. The monoisotopic (exact) mass is 419 g/mol. The molecule has 1 N–H and O–H groups in total. The molecule has 3 aromatic rings. The number of carbonyl (C=O) groups excluding carboxylic acids is 1. The number of alkyl halides is 3. The van der Waals surface area contributed by atoms with Crippen LogP contribution in [0.25, 0.3) is 11.1 Å². The van der Waals surface area contributed by atoms with E-state index < -0.39 is 18.8 Å². The van der Waals surface area contributed by atoms with Crippen molar-refractivity contribution in [3.05, 3.63) is 65.8 Å². The van der Waals surface area contributed by atoms with Crippen LogP contribution in [0.4, 0.5) is 13.2 Å². The molecule has 0 saturated heterocycles. The normalized spacial score (nSPS) is 12.4. The molecule has 0 saturated carbocycles. The average molecular weight is 419 g/mol. The summed E-state index contributed by atoms with van der Waals surface area (Å²) in [6.07, 6.45) is -1.45. The van der Waals surface area contributed by atoms with E-state index in [1.165, 1.54) is 18.3 Å². The van der Waals surface area contributed by atoms with Crippen LogP contribution in [0.2, 0.25) is 0 Å². The van der Waals surface area contributed by atoms with E-state index >= 15 is 0 Å². The molecule has 1 amide bonds. The lowest BCUT2D eigenvalue weighted by Gasteiger charge is -2.14. The molecule has 30 heavy (non-hydrogen) atoms. The summed E-state index contributed by atoms with van der Waals surface area (Å²) in [7, 11) is 0. The van der Waals surface area contributed by atoms with Crippen molar-refractivity contribution < 1.29 is 27.2 Å². The van der Waals surface area contributed by atoms with Crippen molar-refractivity contribution in [2.24, 2.45) is 0 Å². The Morgan fingerprint density at radius 1 is 1.20 bits per heavy atom. The number of amides is 1. The molecule has 0 unspecified atom stereocenters. The molecule has 3 rings (SSSR count). The molecule has 1 atom stereocenters. The maximum Gasteiger partial charge on any atom is 0.422 e. The SMILES string of the molecule is Cc1nocc1-c1ccc(CC(=O)N[C@H](C)c2ccc(OCC(F)(F)F)cn2)cc1. The van der Waals surface area contributed by atoms with Crippen molar-refractivity contribution in [1.82, 2.24) is 15.5 Å². The molecule has 2 heterocycles. The lowest BCUT2D eigenvalue weighted by molar-refractivity contribution is -0.153. The van der Waals surface area contributed by atoms with E-state index in [0.717, 1.165) is 22.4 Å². The number of nitrogens with one attached hydrogen (secondary N) is 1. The van der Waals surface area contributed by atoms with E-state index in [-0.39, 0.29) is 18.1 Å². The second kappa shape index (κ2) is 8.98. The van der Waals surface area contributed by atoms with Gasteiger partial charge in [-0.15, -0.1) is 0 Å². The third-order valence-corrected chi connectivity index (χ3v) is 4.36. The molecule has 0 spiro atoms. The number of hydrogen-bond donors (Lipinski definition) is 1. The number of nitrogens with zero attached hydrogens (tertiary/aromatic N) is 2. The van der Waals surface area contributed by atoms with Crippen LogP contribution in [-0.2, 0) is 11.2 Å². The lowest BCUT2D eigenvalue weighted by atomic mass is 10.0. The maximum absolute atomic E-state index is 12.3. The highest BCUT2D eigenvalue weighted by Crippen LogP contribution is 2.23. The number of aromatic nitrogens is 2. The minimum Gasteiger partial charge on any atom is -0.483 e. The molecular weight excluding hydrogens is 399 g/mol. The van der Waals surface area contributed by atoms with Crippen molar-refractivity contribution in [2.45, 2.75) is 32.5 Å². The Kier molecular flexibility index (Phi) is 6.39. The Hall–Kier alpha value is -3.36. The summed E-state index contributed by atoms with van der Waals surface area (Å²) >= 11 is 0. The fourth-order valence-electron chi connectivity index (χ4n) is 2.82. The first-order chi connectivity index (χ1) is 14.2. The number of hydrogen-bond acceptors (Lipinski definition) is 5. The molecule has 9 heteroatoms. The largest absolute Gasteiger partial charge is 0.483 e. The Morgan fingerprint density at radius 2 is 1.93 bits per heavy atom. The third-order valence-electron chi connectivity index (χ3n) is 4.36. The zero-order chi connectivity index (χ0) is 21.7. The molecule has 158 valence electrons. The summed E-state index contributed by atoms with van der Waals surface area (Å²) in [6, 6.07) is 10.0. The van der Waals surface area contributed by atoms with Gasteiger partial charge in [0.1, 0.15) is 12.0 Å². The van der Waals surface area contributed by atoms with E-state index in [4.69, 9.17) is 4.52 Å². The van der Waals surface area contributed by atoms with Gasteiger partial charge in [0.2, 0.25) is 5.91 Å². The van der Waals surface area contributed by atoms with E-state index in [1.807, 2.05) is 31.2 Å². The molecule has 1 aromatic carbocycles. The Balaban J connectivity index is 1.53. The standard InChI is InChI=1S/C21H20F3N3O3/c1-13-18(11-30-27-13)16-5-3-15(4-6-16)9-20(28)26-14(2)19-8-7-17(10-25-19)29-12-21(22,23)24/h3-8,10-11,14H,9,12H2,1-2H3,(H,26,28)/t14-/m1/s1. The smallest absolute Gasteiger partial charge is 0.422 e. The van der Waals surface area contributed by atoms with E-state index in [0.29, 0.717) is 5.69 Å². The number of halogens is 3. The van der Waals surface area contributed by atoms with Crippen LogP contribution in [0.5, 0.6) is 5.75 Å². The van der Waals surface area contributed by atoms with Crippen LogP contribution in [0.3, 0.4) is 0 Å². The Labute approximate surface area is 171 Å². The molecule has 0 fully saturated rings. The predicted molar refractivity (Wildman–Crippen MR) is 103 cm³/mol. The van der Waals surface area contributed by atoms with Crippen LogP contribution in [0.1, 0.15) is 29.9 Å². The summed E-state index contributed by atoms with van der Waals surface area (Å²) in [6.45, 7) is 2.22. The van der Waals surface area contributed by atoms with Gasteiger partial charge in [-0.3, -0.25) is 9.78 Å². The molecular formula is C21H20F3N3O3. The first-order valence-corrected chi connectivity index (χ1v) is 9.16. The zero-order valence-electron chi connectivity index (χ0n) is 16.4. The Bertz CT molecular complexity index is 983. The fourth-order valence-corrected chi connectivity index (χ4v) is 2.82. The summed E-state index contributed by atoms with van der Waals surface area (Å²) < 4.78 is 46.1. The van der Waals surface area contributed by atoms with Crippen molar-refractivity contribution in [3.8, 4) is 16.9 Å². The second-order valence-electron chi connectivity index (χ2n) is 6.80. The molecule has 0 aliphatic rings. The van der Waals surface area contributed by atoms with Gasteiger partial charge < -0.3 is 14.6 Å². The molecule has 0 aliphatic heterocycles. The number of aryl methyl sites for hydroxylation is 1. The van der Waals surface area contributed by atoms with Gasteiger partial charge in [0.15, 0.2) is 6.61 Å². The number of benzene rings is 1. The van der Waals surface area contributed by atoms with E-state index in [1.54, 1.807) is 13.2 Å². The predicted octanol–water partition coefficient (Wildman–Crippen LogP) is 4.41. The van der Waals surface area contributed by atoms with Crippen LogP contribution < -0.4 is 10.1 Å². The van der Waals surface area contributed by atoms with Crippen molar-refractivity contribution in [3.63, 3.8) is 0 Å². The Morgan fingerprint density at radius 3 is 2.50 bits per heavy atom. The highest BCUT2D eigenvalue weighted by molar-refractivity contribution is 5.79.